The molecule has 0 fully saturated rings. The van der Waals surface area contributed by atoms with Crippen molar-refractivity contribution in [1.29, 1.82) is 0 Å². The molecule has 122 valence electrons. The van der Waals surface area contributed by atoms with Gasteiger partial charge in [-0.15, -0.1) is 0 Å². The molecule has 1 heterocycles. The number of rotatable bonds is 2. The average molecular weight is 454 g/mol. The Balaban J connectivity index is 2.28. The van der Waals surface area contributed by atoms with Crippen molar-refractivity contribution >= 4 is 63.0 Å². The second-order valence-electron chi connectivity index (χ2n) is 5.24. The van der Waals surface area contributed by atoms with Gasteiger partial charge in [0, 0.05) is 26.6 Å². The number of amides is 2. The first-order valence-electron chi connectivity index (χ1n) is 7.13. The molecular formula is C18H13ClINO3. The Morgan fingerprint density at radius 2 is 1.83 bits per heavy atom. The number of nitrogens with zero attached hydrogens (tertiary/aromatic N) is 1. The summed E-state index contributed by atoms with van der Waals surface area (Å²) < 4.78 is 6.61. The zero-order chi connectivity index (χ0) is 17.4. The number of carbonyl (C=O) groups excluding carboxylic acids is 2. The van der Waals surface area contributed by atoms with Crippen LogP contribution >= 0.6 is 34.2 Å². The predicted octanol–water partition coefficient (Wildman–Crippen LogP) is 4.35. The molecule has 4 nitrogen and oxygen atoms in total. The van der Waals surface area contributed by atoms with E-state index in [1.54, 1.807) is 18.2 Å². The van der Waals surface area contributed by atoms with Gasteiger partial charge < -0.3 is 4.74 Å². The van der Waals surface area contributed by atoms with Crippen molar-refractivity contribution in [3.05, 3.63) is 62.2 Å². The van der Waals surface area contributed by atoms with Crippen LogP contribution in [-0.2, 0) is 14.3 Å². The Morgan fingerprint density at radius 1 is 1.17 bits per heavy atom. The maximum atomic E-state index is 12.9. The molecule has 0 saturated carbocycles. The van der Waals surface area contributed by atoms with Crippen LogP contribution in [0.15, 0.2) is 42.5 Å². The molecule has 0 aromatic heterocycles. The van der Waals surface area contributed by atoms with Gasteiger partial charge in [-0.3, -0.25) is 9.59 Å². The van der Waals surface area contributed by atoms with E-state index < -0.39 is 5.91 Å². The molecule has 2 aromatic rings. The number of ether oxygens (including phenoxy) is 1. The first kappa shape index (κ1) is 17.0. The molecule has 0 atom stereocenters. The van der Waals surface area contributed by atoms with Crippen molar-refractivity contribution < 1.29 is 14.3 Å². The Kier molecular flexibility index (Phi) is 4.64. The Labute approximate surface area is 158 Å². The number of imide groups is 1. The highest BCUT2D eigenvalue weighted by molar-refractivity contribution is 14.1. The molecule has 2 amide bonds. The number of fused-ring (bicyclic) bond motifs is 1. The minimum atomic E-state index is -0.407. The van der Waals surface area contributed by atoms with E-state index in [4.69, 9.17) is 16.3 Å². The Bertz CT molecular complexity index is 874. The van der Waals surface area contributed by atoms with Gasteiger partial charge in [-0.1, -0.05) is 29.8 Å². The molecule has 1 aliphatic rings. The smallest absolute Gasteiger partial charge is 0.269 e. The molecule has 1 aliphatic heterocycles. The van der Waals surface area contributed by atoms with Crippen LogP contribution in [0, 0.1) is 3.57 Å². The minimum absolute atomic E-state index is 0.362. The van der Waals surface area contributed by atoms with Crippen molar-refractivity contribution in [2.45, 2.75) is 6.92 Å². The van der Waals surface area contributed by atoms with Crippen molar-refractivity contribution in [3.63, 3.8) is 0 Å². The van der Waals surface area contributed by atoms with Crippen molar-refractivity contribution in [2.24, 2.45) is 0 Å². The van der Waals surface area contributed by atoms with Gasteiger partial charge in [0.15, 0.2) is 0 Å². The summed E-state index contributed by atoms with van der Waals surface area (Å²) in [5.41, 5.74) is 2.25. The second-order valence-corrected chi connectivity index (χ2v) is 6.92. The van der Waals surface area contributed by atoms with E-state index in [0.29, 0.717) is 27.6 Å². The molecule has 0 aliphatic carbocycles. The average Bonchev–Trinajstić information content (AvgIpc) is 2.82. The fourth-order valence-corrected chi connectivity index (χ4v) is 3.26. The van der Waals surface area contributed by atoms with E-state index in [1.807, 2.05) is 24.3 Å². The second kappa shape index (κ2) is 6.57. The maximum absolute atomic E-state index is 12.9. The molecular weight excluding hydrogens is 441 g/mol. The topological polar surface area (TPSA) is 46.6 Å². The molecule has 2 aromatic carbocycles. The van der Waals surface area contributed by atoms with Gasteiger partial charge in [-0.25, -0.2) is 4.90 Å². The Hall–Kier alpha value is -1.86. The minimum Gasteiger partial charge on any atom is -0.495 e. The first-order valence-corrected chi connectivity index (χ1v) is 8.59. The lowest BCUT2D eigenvalue weighted by atomic mass is 10.0. The van der Waals surface area contributed by atoms with Crippen LogP contribution in [0.4, 0.5) is 5.69 Å². The summed E-state index contributed by atoms with van der Waals surface area (Å²) in [6.07, 6.45) is 0. The zero-order valence-electron chi connectivity index (χ0n) is 13.0. The van der Waals surface area contributed by atoms with E-state index in [9.17, 15) is 9.59 Å². The van der Waals surface area contributed by atoms with Gasteiger partial charge in [-0.05, 0) is 46.9 Å². The summed E-state index contributed by atoms with van der Waals surface area (Å²) in [7, 11) is 1.51. The maximum Gasteiger partial charge on any atom is 0.269 e. The molecule has 24 heavy (non-hydrogen) atoms. The number of halogens is 2. The summed E-state index contributed by atoms with van der Waals surface area (Å²) in [5.74, 6) is -0.338. The fourth-order valence-electron chi connectivity index (χ4n) is 2.74. The summed E-state index contributed by atoms with van der Waals surface area (Å²) in [6, 6.07) is 12.7. The normalized spacial score (nSPS) is 15.3. The van der Waals surface area contributed by atoms with E-state index in [2.05, 4.69) is 22.6 Å². The molecule has 3 rings (SSSR count). The SMILES string of the molecule is CO/C(=C1/C(=O)N(C(C)=O)c2cc(Cl)ccc21)c1ccc(I)cc1. The lowest BCUT2D eigenvalue weighted by Gasteiger charge is -2.13. The zero-order valence-corrected chi connectivity index (χ0v) is 15.9. The molecule has 6 heteroatoms. The predicted molar refractivity (Wildman–Crippen MR) is 103 cm³/mol. The molecule has 0 spiro atoms. The largest absolute Gasteiger partial charge is 0.495 e. The van der Waals surface area contributed by atoms with Gasteiger partial charge in [-0.2, -0.15) is 0 Å². The Morgan fingerprint density at radius 3 is 2.42 bits per heavy atom. The number of hydrogen-bond acceptors (Lipinski definition) is 3. The highest BCUT2D eigenvalue weighted by Crippen LogP contribution is 2.42. The molecule has 0 bridgehead atoms. The number of hydrogen-bond donors (Lipinski definition) is 0. The van der Waals surface area contributed by atoms with Crippen LogP contribution in [-0.4, -0.2) is 18.9 Å². The number of methoxy groups -OCH3 is 1. The summed E-state index contributed by atoms with van der Waals surface area (Å²) >= 11 is 8.25. The van der Waals surface area contributed by atoms with Gasteiger partial charge in [0.2, 0.25) is 5.91 Å². The summed E-state index contributed by atoms with van der Waals surface area (Å²) in [6.45, 7) is 1.35. The van der Waals surface area contributed by atoms with Crippen LogP contribution in [0.5, 0.6) is 0 Å². The number of carbonyl (C=O) groups is 2. The number of benzene rings is 2. The van der Waals surface area contributed by atoms with Gasteiger partial charge in [0.1, 0.15) is 5.76 Å². The third-order valence-electron chi connectivity index (χ3n) is 3.74. The van der Waals surface area contributed by atoms with Crippen LogP contribution in [0.1, 0.15) is 18.1 Å². The molecule has 0 N–H and O–H groups in total. The number of anilines is 1. The monoisotopic (exact) mass is 453 g/mol. The standard InChI is InChI=1S/C18H13ClINO3/c1-10(22)21-15-9-12(19)5-8-14(15)16(18(21)23)17(24-2)11-3-6-13(20)7-4-11/h3-9H,1-2H3/b17-16+. The third kappa shape index (κ3) is 2.82. The van der Waals surface area contributed by atoms with Crippen LogP contribution < -0.4 is 4.90 Å². The van der Waals surface area contributed by atoms with Gasteiger partial charge >= 0.3 is 0 Å². The van der Waals surface area contributed by atoms with Crippen LogP contribution in [0.3, 0.4) is 0 Å². The third-order valence-corrected chi connectivity index (χ3v) is 4.69. The first-order chi connectivity index (χ1) is 11.4. The fraction of sp³-hybridized carbons (Fsp3) is 0.111. The lowest BCUT2D eigenvalue weighted by molar-refractivity contribution is -0.122. The summed E-state index contributed by atoms with van der Waals surface area (Å²) in [5, 5.41) is 0.460. The van der Waals surface area contributed by atoms with Crippen LogP contribution in [0.25, 0.3) is 11.3 Å². The lowest BCUT2D eigenvalue weighted by Crippen LogP contribution is -2.31. The molecule has 0 saturated heterocycles. The van der Waals surface area contributed by atoms with E-state index in [-0.39, 0.29) is 5.91 Å². The quantitative estimate of drug-likeness (QED) is 0.386. The van der Waals surface area contributed by atoms with E-state index in [1.165, 1.54) is 14.0 Å². The molecule has 0 unspecified atom stereocenters. The molecule has 0 radical (unpaired) electrons. The van der Waals surface area contributed by atoms with Crippen molar-refractivity contribution in [3.8, 4) is 0 Å². The van der Waals surface area contributed by atoms with Crippen molar-refractivity contribution in [2.75, 3.05) is 12.0 Å². The van der Waals surface area contributed by atoms with E-state index >= 15 is 0 Å². The van der Waals surface area contributed by atoms with Crippen LogP contribution in [0.2, 0.25) is 5.02 Å². The van der Waals surface area contributed by atoms with Gasteiger partial charge in [0.25, 0.3) is 5.91 Å². The highest BCUT2D eigenvalue weighted by atomic mass is 127. The highest BCUT2D eigenvalue weighted by Gasteiger charge is 2.38. The van der Waals surface area contributed by atoms with E-state index in [0.717, 1.165) is 14.0 Å². The summed E-state index contributed by atoms with van der Waals surface area (Å²) in [4.78, 5) is 26.0. The van der Waals surface area contributed by atoms with Crippen molar-refractivity contribution in [1.82, 2.24) is 0 Å². The van der Waals surface area contributed by atoms with Gasteiger partial charge in [0.05, 0.1) is 18.4 Å².